The molecule has 1 aliphatic carbocycles. The van der Waals surface area contributed by atoms with E-state index in [2.05, 4.69) is 29.7 Å². The Hall–Kier alpha value is -2.74. The molecular weight excluding hydrogens is 386 g/mol. The summed E-state index contributed by atoms with van der Waals surface area (Å²) in [5.74, 6) is -1.13. The molecule has 2 unspecified atom stereocenters. The van der Waals surface area contributed by atoms with Crippen LogP contribution in [0, 0.1) is 5.92 Å². The van der Waals surface area contributed by atoms with E-state index in [9.17, 15) is 9.59 Å². The summed E-state index contributed by atoms with van der Waals surface area (Å²) in [6.07, 6.45) is 0.898. The average molecular weight is 415 g/mol. The summed E-state index contributed by atoms with van der Waals surface area (Å²) >= 11 is 0. The number of hydrogen-bond acceptors (Lipinski definition) is 5. The van der Waals surface area contributed by atoms with Crippen LogP contribution in [0.1, 0.15) is 30.4 Å². The van der Waals surface area contributed by atoms with Crippen molar-refractivity contribution in [3.8, 4) is 11.1 Å². The van der Waals surface area contributed by atoms with Gasteiger partial charge in [-0.05, 0) is 35.6 Å². The van der Waals surface area contributed by atoms with Gasteiger partial charge in [0.05, 0.1) is 18.6 Å². The summed E-state index contributed by atoms with van der Waals surface area (Å²) < 4.78 is 9.85. The van der Waals surface area contributed by atoms with E-state index in [0.29, 0.717) is 26.0 Å². The molecule has 0 fully saturated rings. The Bertz CT molecular complexity index is 779. The standard InChI is InChI=1S/C15H13NO2.C8H16O4/c17-10-16-18-9-15-13-7-3-1-5-11(13)12-6-2-4-8-14(12)15;1-6(8(9)10)7(12-3)4-5-11-2/h1-8,10,15H,9H2,(H,16,17);6-7H,4-5H2,1-3H3,(H,9,10). The van der Waals surface area contributed by atoms with Crippen LogP contribution >= 0.6 is 0 Å². The molecule has 0 saturated heterocycles. The lowest BCUT2D eigenvalue weighted by Gasteiger charge is -2.18. The molecule has 2 N–H and O–H groups in total. The third kappa shape index (κ3) is 5.89. The van der Waals surface area contributed by atoms with Crippen molar-refractivity contribution in [2.45, 2.75) is 25.4 Å². The van der Waals surface area contributed by atoms with Crippen LogP contribution in [-0.4, -0.2) is 51.0 Å². The molecule has 30 heavy (non-hydrogen) atoms. The quantitative estimate of drug-likeness (QED) is 0.352. The number of methoxy groups -OCH3 is 2. The molecule has 3 rings (SSSR count). The topological polar surface area (TPSA) is 94.1 Å². The first kappa shape index (κ1) is 23.5. The van der Waals surface area contributed by atoms with Crippen molar-refractivity contribution in [1.29, 1.82) is 0 Å². The van der Waals surface area contributed by atoms with Crippen molar-refractivity contribution >= 4 is 12.4 Å². The van der Waals surface area contributed by atoms with Gasteiger partial charge < -0.3 is 14.6 Å². The predicted octanol–water partition coefficient (Wildman–Crippen LogP) is 3.24. The van der Waals surface area contributed by atoms with Crippen LogP contribution in [0.5, 0.6) is 0 Å². The number of benzene rings is 2. The van der Waals surface area contributed by atoms with E-state index in [1.165, 1.54) is 29.4 Å². The molecule has 0 radical (unpaired) electrons. The summed E-state index contributed by atoms with van der Waals surface area (Å²) in [5.41, 5.74) is 7.28. The van der Waals surface area contributed by atoms with Crippen LogP contribution in [0.25, 0.3) is 11.1 Å². The second kappa shape index (κ2) is 12.1. The number of carbonyl (C=O) groups excluding carboxylic acids is 1. The Morgan fingerprint density at radius 2 is 1.67 bits per heavy atom. The largest absolute Gasteiger partial charge is 0.481 e. The molecule has 1 aliphatic rings. The number of nitrogens with one attached hydrogen (secondary N) is 1. The Morgan fingerprint density at radius 3 is 2.13 bits per heavy atom. The van der Waals surface area contributed by atoms with E-state index in [1.54, 1.807) is 14.0 Å². The third-order valence-electron chi connectivity index (χ3n) is 5.20. The Labute approximate surface area is 176 Å². The molecule has 162 valence electrons. The van der Waals surface area contributed by atoms with Crippen LogP contribution in [0.15, 0.2) is 48.5 Å². The van der Waals surface area contributed by atoms with Gasteiger partial charge in [-0.15, -0.1) is 0 Å². The first-order valence-electron chi connectivity index (χ1n) is 9.78. The summed E-state index contributed by atoms with van der Waals surface area (Å²) in [7, 11) is 3.10. The molecule has 0 aliphatic heterocycles. The summed E-state index contributed by atoms with van der Waals surface area (Å²) in [6, 6.07) is 16.6. The van der Waals surface area contributed by atoms with Crippen molar-refractivity contribution < 1.29 is 29.0 Å². The van der Waals surface area contributed by atoms with Gasteiger partial charge in [0.25, 0.3) is 0 Å². The van der Waals surface area contributed by atoms with Crippen molar-refractivity contribution in [3.05, 3.63) is 59.7 Å². The first-order chi connectivity index (χ1) is 14.5. The lowest BCUT2D eigenvalue weighted by molar-refractivity contribution is -0.146. The van der Waals surface area contributed by atoms with Gasteiger partial charge in [0.15, 0.2) is 0 Å². The highest BCUT2D eigenvalue weighted by atomic mass is 16.6. The zero-order valence-electron chi connectivity index (χ0n) is 17.5. The number of carbonyl (C=O) groups is 2. The fourth-order valence-electron chi connectivity index (χ4n) is 3.57. The first-order valence-corrected chi connectivity index (χ1v) is 9.78. The Balaban J connectivity index is 0.000000235. The smallest absolute Gasteiger partial charge is 0.308 e. The van der Waals surface area contributed by atoms with Crippen LogP contribution < -0.4 is 5.48 Å². The van der Waals surface area contributed by atoms with Gasteiger partial charge >= 0.3 is 5.97 Å². The third-order valence-corrected chi connectivity index (χ3v) is 5.20. The molecule has 0 spiro atoms. The molecule has 0 saturated carbocycles. The molecule has 0 bridgehead atoms. The minimum atomic E-state index is -0.835. The van der Waals surface area contributed by atoms with Crippen LogP contribution in [-0.2, 0) is 23.9 Å². The maximum atomic E-state index is 10.5. The number of fused-ring (bicyclic) bond motifs is 3. The molecule has 0 heterocycles. The molecule has 2 aromatic rings. The zero-order valence-corrected chi connectivity index (χ0v) is 17.5. The van der Waals surface area contributed by atoms with Gasteiger partial charge in [-0.3, -0.25) is 14.4 Å². The van der Waals surface area contributed by atoms with Crippen LogP contribution in [0.4, 0.5) is 0 Å². The minimum absolute atomic E-state index is 0.185. The zero-order chi connectivity index (χ0) is 21.9. The van der Waals surface area contributed by atoms with Gasteiger partial charge in [0.1, 0.15) is 0 Å². The number of aliphatic carboxylic acids is 1. The molecule has 2 atom stereocenters. The van der Waals surface area contributed by atoms with E-state index in [1.807, 2.05) is 24.3 Å². The van der Waals surface area contributed by atoms with E-state index in [-0.39, 0.29) is 12.0 Å². The Morgan fingerprint density at radius 1 is 1.10 bits per heavy atom. The number of amides is 1. The van der Waals surface area contributed by atoms with E-state index < -0.39 is 11.9 Å². The number of carboxylic acids is 1. The van der Waals surface area contributed by atoms with Gasteiger partial charge in [-0.2, -0.15) is 0 Å². The number of hydrogen-bond donors (Lipinski definition) is 2. The van der Waals surface area contributed by atoms with Crippen LogP contribution in [0.2, 0.25) is 0 Å². The van der Waals surface area contributed by atoms with Crippen LogP contribution in [0.3, 0.4) is 0 Å². The summed E-state index contributed by atoms with van der Waals surface area (Å²) in [5, 5.41) is 8.66. The average Bonchev–Trinajstić information content (AvgIpc) is 3.09. The molecule has 1 amide bonds. The molecule has 7 heteroatoms. The maximum Gasteiger partial charge on any atom is 0.308 e. The number of ether oxygens (including phenoxy) is 2. The fourth-order valence-corrected chi connectivity index (χ4v) is 3.57. The number of hydroxylamine groups is 1. The van der Waals surface area contributed by atoms with E-state index in [0.717, 1.165) is 0 Å². The van der Waals surface area contributed by atoms with Gasteiger partial charge in [0.2, 0.25) is 6.41 Å². The fraction of sp³-hybridized carbons (Fsp3) is 0.391. The molecular formula is C23H29NO6. The molecule has 0 aromatic heterocycles. The second-order valence-corrected chi connectivity index (χ2v) is 6.96. The monoisotopic (exact) mass is 415 g/mol. The van der Waals surface area contributed by atoms with Crippen molar-refractivity contribution in [2.24, 2.45) is 5.92 Å². The number of carboxylic acid groups (broad SMARTS) is 1. The highest BCUT2D eigenvalue weighted by Gasteiger charge is 2.28. The van der Waals surface area contributed by atoms with Crippen molar-refractivity contribution in [3.63, 3.8) is 0 Å². The maximum absolute atomic E-state index is 10.5. The molecule has 7 nitrogen and oxygen atoms in total. The summed E-state index contributed by atoms with van der Waals surface area (Å²) in [6.45, 7) is 2.61. The predicted molar refractivity (Wildman–Crippen MR) is 113 cm³/mol. The normalized spacial score (nSPS) is 14.0. The van der Waals surface area contributed by atoms with Crippen molar-refractivity contribution in [1.82, 2.24) is 5.48 Å². The van der Waals surface area contributed by atoms with Crippen molar-refractivity contribution in [2.75, 3.05) is 27.4 Å². The minimum Gasteiger partial charge on any atom is -0.481 e. The molecule has 2 aromatic carbocycles. The Kier molecular flexibility index (Phi) is 9.47. The van der Waals surface area contributed by atoms with Gasteiger partial charge in [0, 0.05) is 26.7 Å². The van der Waals surface area contributed by atoms with Gasteiger partial charge in [-0.25, -0.2) is 5.48 Å². The van der Waals surface area contributed by atoms with Gasteiger partial charge in [-0.1, -0.05) is 48.5 Å². The lowest BCUT2D eigenvalue weighted by Crippen LogP contribution is -2.28. The highest BCUT2D eigenvalue weighted by Crippen LogP contribution is 2.44. The highest BCUT2D eigenvalue weighted by molar-refractivity contribution is 5.78. The summed E-state index contributed by atoms with van der Waals surface area (Å²) in [4.78, 5) is 25.9. The second-order valence-electron chi connectivity index (χ2n) is 6.96. The SMILES string of the molecule is COCCC(OC)C(C)C(=O)O.O=CNOCC1c2ccccc2-c2ccccc21. The lowest BCUT2D eigenvalue weighted by atomic mass is 9.98. The number of rotatable bonds is 10. The van der Waals surface area contributed by atoms with E-state index >= 15 is 0 Å². The van der Waals surface area contributed by atoms with E-state index in [4.69, 9.17) is 19.4 Å².